The molecule has 1 saturated heterocycles. The van der Waals surface area contributed by atoms with Gasteiger partial charge in [-0.15, -0.1) is 0 Å². The lowest BCUT2D eigenvalue weighted by atomic mass is 10.2. The van der Waals surface area contributed by atoms with Crippen molar-refractivity contribution in [2.45, 2.75) is 26.2 Å². The molecule has 3 heterocycles. The highest BCUT2D eigenvalue weighted by atomic mass is 16.2. The number of hydrogen-bond acceptors (Lipinski definition) is 6. The predicted octanol–water partition coefficient (Wildman–Crippen LogP) is 1.75. The van der Waals surface area contributed by atoms with Crippen molar-refractivity contribution in [1.82, 2.24) is 25.2 Å². The van der Waals surface area contributed by atoms with Gasteiger partial charge in [-0.2, -0.15) is 0 Å². The summed E-state index contributed by atoms with van der Waals surface area (Å²) in [6.07, 6.45) is 8.08. The molecule has 1 aliphatic rings. The minimum Gasteiger partial charge on any atom is -0.352 e. The van der Waals surface area contributed by atoms with E-state index < -0.39 is 0 Å². The Hall–Kier alpha value is -3.03. The molecule has 28 heavy (non-hydrogen) atoms. The largest absolute Gasteiger partial charge is 0.352 e. The van der Waals surface area contributed by atoms with Crippen molar-refractivity contribution in [3.63, 3.8) is 0 Å². The van der Waals surface area contributed by atoms with Crippen LogP contribution in [0.3, 0.4) is 0 Å². The van der Waals surface area contributed by atoms with Crippen molar-refractivity contribution in [3.05, 3.63) is 48.0 Å². The fraction of sp³-hybridized carbons (Fsp3) is 0.450. The number of piperazine rings is 1. The molecule has 3 rings (SSSR count). The molecule has 148 valence electrons. The van der Waals surface area contributed by atoms with Gasteiger partial charge in [0.05, 0.1) is 0 Å². The Balaban J connectivity index is 1.57. The summed E-state index contributed by atoms with van der Waals surface area (Å²) in [5.41, 5.74) is 0.761. The van der Waals surface area contributed by atoms with Crippen LogP contribution in [-0.2, 0) is 0 Å². The molecule has 0 saturated carbocycles. The van der Waals surface area contributed by atoms with Crippen LogP contribution in [0.2, 0.25) is 0 Å². The molecule has 1 fully saturated rings. The minimum absolute atomic E-state index is 0.158. The second-order valence-corrected chi connectivity index (χ2v) is 6.72. The zero-order valence-corrected chi connectivity index (χ0v) is 16.2. The molecule has 0 bridgehead atoms. The van der Waals surface area contributed by atoms with Crippen molar-refractivity contribution in [1.29, 1.82) is 0 Å². The van der Waals surface area contributed by atoms with Gasteiger partial charge in [-0.3, -0.25) is 14.6 Å². The van der Waals surface area contributed by atoms with Gasteiger partial charge in [0.15, 0.2) is 0 Å². The third-order valence-corrected chi connectivity index (χ3v) is 4.71. The molecular weight excluding hydrogens is 356 g/mol. The first kappa shape index (κ1) is 19.7. The Morgan fingerprint density at radius 1 is 1.04 bits per heavy atom. The second-order valence-electron chi connectivity index (χ2n) is 6.72. The molecule has 0 aliphatic carbocycles. The van der Waals surface area contributed by atoms with Crippen LogP contribution in [0, 0.1) is 0 Å². The molecule has 8 heteroatoms. The zero-order chi connectivity index (χ0) is 19.8. The van der Waals surface area contributed by atoms with E-state index in [1.807, 2.05) is 0 Å². The van der Waals surface area contributed by atoms with Crippen molar-refractivity contribution in [2.24, 2.45) is 0 Å². The number of hydrogen-bond donors (Lipinski definition) is 1. The maximum absolute atomic E-state index is 12.8. The Morgan fingerprint density at radius 3 is 2.50 bits per heavy atom. The number of nitrogens with one attached hydrogen (secondary N) is 1. The van der Waals surface area contributed by atoms with Gasteiger partial charge in [0.25, 0.3) is 11.8 Å². The first-order chi connectivity index (χ1) is 13.7. The molecule has 1 N–H and O–H groups in total. The quantitative estimate of drug-likeness (QED) is 0.734. The minimum atomic E-state index is -0.168. The highest BCUT2D eigenvalue weighted by Crippen LogP contribution is 2.12. The van der Waals surface area contributed by atoms with Crippen LogP contribution >= 0.6 is 0 Å². The summed E-state index contributed by atoms with van der Waals surface area (Å²) < 4.78 is 0. The van der Waals surface area contributed by atoms with Gasteiger partial charge >= 0.3 is 0 Å². The van der Waals surface area contributed by atoms with Crippen molar-refractivity contribution < 1.29 is 9.59 Å². The number of carbonyl (C=O) groups is 2. The summed E-state index contributed by atoms with van der Waals surface area (Å²) >= 11 is 0. The van der Waals surface area contributed by atoms with E-state index in [9.17, 15) is 9.59 Å². The van der Waals surface area contributed by atoms with E-state index in [2.05, 4.69) is 32.1 Å². The number of pyridine rings is 1. The smallest absolute Gasteiger partial charge is 0.272 e. The summed E-state index contributed by atoms with van der Waals surface area (Å²) in [5, 5.41) is 2.89. The van der Waals surface area contributed by atoms with Crippen LogP contribution in [0.4, 0.5) is 5.95 Å². The van der Waals surface area contributed by atoms with E-state index in [-0.39, 0.29) is 11.8 Å². The molecule has 1 aliphatic heterocycles. The average molecular weight is 382 g/mol. The van der Waals surface area contributed by atoms with E-state index >= 15 is 0 Å². The maximum Gasteiger partial charge on any atom is 0.272 e. The maximum atomic E-state index is 12.8. The van der Waals surface area contributed by atoms with Gasteiger partial charge in [-0.1, -0.05) is 19.8 Å². The normalized spacial score (nSPS) is 14.0. The van der Waals surface area contributed by atoms with Crippen LogP contribution in [-0.4, -0.2) is 64.4 Å². The van der Waals surface area contributed by atoms with Gasteiger partial charge < -0.3 is 15.1 Å². The lowest BCUT2D eigenvalue weighted by Gasteiger charge is -2.34. The monoisotopic (exact) mass is 382 g/mol. The first-order valence-electron chi connectivity index (χ1n) is 9.74. The second kappa shape index (κ2) is 9.77. The zero-order valence-electron chi connectivity index (χ0n) is 16.2. The Morgan fingerprint density at radius 2 is 1.79 bits per heavy atom. The third-order valence-electron chi connectivity index (χ3n) is 4.71. The van der Waals surface area contributed by atoms with E-state index in [0.717, 1.165) is 19.3 Å². The summed E-state index contributed by atoms with van der Waals surface area (Å²) in [6.45, 7) is 5.20. The Bertz CT molecular complexity index is 790. The molecule has 2 amide bonds. The molecule has 8 nitrogen and oxygen atoms in total. The molecule has 2 aromatic rings. The Labute approximate surface area is 165 Å². The fourth-order valence-corrected chi connectivity index (χ4v) is 3.09. The number of amides is 2. The molecule has 0 radical (unpaired) electrons. The summed E-state index contributed by atoms with van der Waals surface area (Å²) in [4.78, 5) is 41.6. The molecule has 0 aromatic carbocycles. The standard InChI is InChI=1S/C20H26N6O2/c1-2-3-4-7-22-18(27)16-6-10-21-17(15-16)19(28)25-11-13-26(14-12-25)20-23-8-5-9-24-20/h5-6,8-10,15H,2-4,7,11-14H2,1H3,(H,22,27). The van der Waals surface area contributed by atoms with E-state index in [0.29, 0.717) is 49.9 Å². The number of nitrogens with zero attached hydrogens (tertiary/aromatic N) is 5. The lowest BCUT2D eigenvalue weighted by Crippen LogP contribution is -2.49. The van der Waals surface area contributed by atoms with Crippen LogP contribution < -0.4 is 10.2 Å². The van der Waals surface area contributed by atoms with Gasteiger partial charge in [0, 0.05) is 56.9 Å². The van der Waals surface area contributed by atoms with E-state index in [4.69, 9.17) is 0 Å². The average Bonchev–Trinajstić information content (AvgIpc) is 2.77. The number of rotatable bonds is 7. The molecule has 2 aromatic heterocycles. The van der Waals surface area contributed by atoms with Gasteiger partial charge in [-0.05, 0) is 24.6 Å². The van der Waals surface area contributed by atoms with Gasteiger partial charge in [-0.25, -0.2) is 9.97 Å². The summed E-state index contributed by atoms with van der Waals surface area (Å²) in [6, 6.07) is 4.99. The molecule has 0 atom stereocenters. The number of carbonyl (C=O) groups excluding carboxylic acids is 2. The third kappa shape index (κ3) is 5.03. The summed E-state index contributed by atoms with van der Waals surface area (Å²) in [5.74, 6) is 0.349. The molecular formula is C20H26N6O2. The van der Waals surface area contributed by atoms with Gasteiger partial charge in [0.1, 0.15) is 5.69 Å². The fourth-order valence-electron chi connectivity index (χ4n) is 3.09. The van der Waals surface area contributed by atoms with Crippen LogP contribution in [0.15, 0.2) is 36.8 Å². The Kier molecular flexibility index (Phi) is 6.89. The van der Waals surface area contributed by atoms with Crippen LogP contribution in [0.25, 0.3) is 0 Å². The molecule has 0 unspecified atom stereocenters. The van der Waals surface area contributed by atoms with Crippen molar-refractivity contribution in [3.8, 4) is 0 Å². The lowest BCUT2D eigenvalue weighted by molar-refractivity contribution is 0.0740. The van der Waals surface area contributed by atoms with E-state index in [1.54, 1.807) is 35.5 Å². The number of unbranched alkanes of at least 4 members (excludes halogenated alkanes) is 2. The van der Waals surface area contributed by atoms with E-state index in [1.165, 1.54) is 6.20 Å². The van der Waals surface area contributed by atoms with Crippen molar-refractivity contribution in [2.75, 3.05) is 37.6 Å². The predicted molar refractivity (Wildman–Crippen MR) is 106 cm³/mol. The first-order valence-corrected chi connectivity index (χ1v) is 9.74. The van der Waals surface area contributed by atoms with Crippen LogP contribution in [0.5, 0.6) is 0 Å². The highest BCUT2D eigenvalue weighted by Gasteiger charge is 2.24. The number of anilines is 1. The highest BCUT2D eigenvalue weighted by molar-refractivity contribution is 5.98. The molecule has 0 spiro atoms. The summed E-state index contributed by atoms with van der Waals surface area (Å²) in [7, 11) is 0. The van der Waals surface area contributed by atoms with Gasteiger partial charge in [0.2, 0.25) is 5.95 Å². The number of aromatic nitrogens is 3. The van der Waals surface area contributed by atoms with Crippen molar-refractivity contribution >= 4 is 17.8 Å². The van der Waals surface area contributed by atoms with Crippen LogP contribution in [0.1, 0.15) is 47.0 Å². The SMILES string of the molecule is CCCCCNC(=O)c1ccnc(C(=O)N2CCN(c3ncccn3)CC2)c1. The topological polar surface area (TPSA) is 91.3 Å².